The Labute approximate surface area is 92.5 Å². The van der Waals surface area contributed by atoms with Gasteiger partial charge in [0.05, 0.1) is 22.6 Å². The molecule has 0 aromatic carbocycles. The number of hydrogen-bond donors (Lipinski definition) is 1. The number of rotatable bonds is 2. The first-order valence-corrected chi connectivity index (χ1v) is 4.15. The minimum absolute atomic E-state index is 0.202. The normalized spacial score (nSPS) is 10.7. The predicted octanol–water partition coefficient (Wildman–Crippen LogP) is 2.53. The van der Waals surface area contributed by atoms with Gasteiger partial charge in [-0.25, -0.2) is 9.78 Å². The molecule has 0 aliphatic carbocycles. The first kappa shape index (κ1) is 12.3. The van der Waals surface area contributed by atoms with Crippen molar-refractivity contribution >= 4 is 29.0 Å². The van der Waals surface area contributed by atoms with E-state index in [1.807, 2.05) is 5.16 Å². The summed E-state index contributed by atoms with van der Waals surface area (Å²) in [5, 5.41) is 10.4. The summed E-state index contributed by atoms with van der Waals surface area (Å²) in [5.74, 6) is -1.76. The minimum atomic E-state index is -4.81. The Morgan fingerprint density at radius 1 is 1.56 bits per heavy atom. The maximum Gasteiger partial charge on any atom is 0.418 e. The number of nitrogens with zero attached hydrogens (tertiary/aromatic N) is 2. The maximum absolute atomic E-state index is 12.4. The van der Waals surface area contributed by atoms with Crippen LogP contribution in [0.1, 0.15) is 16.1 Å². The topological polar surface area (TPSA) is 62.5 Å². The van der Waals surface area contributed by atoms with Gasteiger partial charge in [-0.05, 0) is 18.3 Å². The van der Waals surface area contributed by atoms with Crippen LogP contribution >= 0.6 is 12.2 Å². The zero-order chi connectivity index (χ0) is 12.3. The van der Waals surface area contributed by atoms with Gasteiger partial charge in [0.25, 0.3) is 0 Å². The highest BCUT2D eigenvalue weighted by Crippen LogP contribution is 2.33. The lowest BCUT2D eigenvalue weighted by atomic mass is 10.1. The second-order valence-electron chi connectivity index (χ2n) is 2.60. The molecule has 4 nitrogen and oxygen atoms in total. The molecule has 0 fully saturated rings. The summed E-state index contributed by atoms with van der Waals surface area (Å²) in [6, 6.07) is 0.551. The van der Waals surface area contributed by atoms with Crippen molar-refractivity contribution in [2.45, 2.75) is 6.18 Å². The average Bonchev–Trinajstić information content (AvgIpc) is 2.16. The number of alkyl halides is 3. The van der Waals surface area contributed by atoms with Crippen LogP contribution in [0.3, 0.4) is 0 Å². The quantitative estimate of drug-likeness (QED) is 0.645. The van der Waals surface area contributed by atoms with Crippen molar-refractivity contribution in [2.24, 2.45) is 4.99 Å². The molecule has 0 spiro atoms. The first-order chi connectivity index (χ1) is 7.36. The van der Waals surface area contributed by atoms with E-state index in [0.717, 1.165) is 6.20 Å². The van der Waals surface area contributed by atoms with E-state index in [9.17, 15) is 18.0 Å². The van der Waals surface area contributed by atoms with E-state index in [1.165, 1.54) is 0 Å². The van der Waals surface area contributed by atoms with Gasteiger partial charge in [0.2, 0.25) is 0 Å². The Balaban J connectivity index is 3.44. The summed E-state index contributed by atoms with van der Waals surface area (Å²) in [7, 11) is 0. The zero-order valence-corrected chi connectivity index (χ0v) is 8.26. The largest absolute Gasteiger partial charge is 0.476 e. The Hall–Kier alpha value is -1.79. The van der Waals surface area contributed by atoms with Crippen molar-refractivity contribution in [1.82, 2.24) is 4.98 Å². The van der Waals surface area contributed by atoms with Gasteiger partial charge in [-0.2, -0.15) is 18.2 Å². The highest BCUT2D eigenvalue weighted by Gasteiger charge is 2.36. The Bertz CT molecular complexity index is 481. The molecule has 0 unspecified atom stereocenters. The Morgan fingerprint density at radius 2 is 2.19 bits per heavy atom. The molecule has 0 radical (unpaired) electrons. The lowest BCUT2D eigenvalue weighted by Crippen LogP contribution is -2.14. The molecule has 1 heterocycles. The molecule has 1 aromatic rings. The number of pyridine rings is 1. The van der Waals surface area contributed by atoms with E-state index in [4.69, 9.17) is 5.11 Å². The van der Waals surface area contributed by atoms with Crippen LogP contribution in [-0.2, 0) is 6.18 Å². The van der Waals surface area contributed by atoms with Gasteiger partial charge in [-0.3, -0.25) is 0 Å². The van der Waals surface area contributed by atoms with Gasteiger partial charge in [0.1, 0.15) is 0 Å². The zero-order valence-electron chi connectivity index (χ0n) is 7.45. The molecule has 16 heavy (non-hydrogen) atoms. The van der Waals surface area contributed by atoms with E-state index in [0.29, 0.717) is 6.07 Å². The SMILES string of the molecule is O=C(O)c1ncc(N=C=S)cc1C(F)(F)F. The molecule has 0 aliphatic heterocycles. The molecule has 0 aliphatic rings. The number of carbonyl (C=O) groups is 1. The van der Waals surface area contributed by atoms with E-state index < -0.39 is 23.4 Å². The average molecular weight is 248 g/mol. The number of thiocarbonyl (C=S) groups is 1. The van der Waals surface area contributed by atoms with E-state index in [2.05, 4.69) is 22.2 Å². The smallest absolute Gasteiger partial charge is 0.418 e. The van der Waals surface area contributed by atoms with Crippen molar-refractivity contribution in [1.29, 1.82) is 0 Å². The predicted molar refractivity (Wildman–Crippen MR) is 50.9 cm³/mol. The standard InChI is InChI=1S/C8H3F3N2O2S/c9-8(10,11)5-1-4(13-3-16)2-12-6(5)7(14)15/h1-2H,(H,14,15). The van der Waals surface area contributed by atoms with Crippen LogP contribution in [0, 0.1) is 0 Å². The first-order valence-electron chi connectivity index (χ1n) is 3.74. The van der Waals surface area contributed by atoms with Crippen LogP contribution in [0.15, 0.2) is 17.3 Å². The third kappa shape index (κ3) is 2.62. The van der Waals surface area contributed by atoms with E-state index in [-0.39, 0.29) is 5.69 Å². The summed E-state index contributed by atoms with van der Waals surface area (Å²) in [6.07, 6.45) is -3.94. The minimum Gasteiger partial charge on any atom is -0.476 e. The summed E-state index contributed by atoms with van der Waals surface area (Å²) in [6.45, 7) is 0. The van der Waals surface area contributed by atoms with Gasteiger partial charge in [-0.15, -0.1) is 0 Å². The lowest BCUT2D eigenvalue weighted by molar-refractivity contribution is -0.138. The molecular weight excluding hydrogens is 245 g/mol. The number of isothiocyanates is 1. The number of halogens is 3. The number of aromatic nitrogens is 1. The molecule has 0 atom stereocenters. The third-order valence-electron chi connectivity index (χ3n) is 1.56. The van der Waals surface area contributed by atoms with Crippen molar-refractivity contribution in [3.8, 4) is 0 Å². The lowest BCUT2D eigenvalue weighted by Gasteiger charge is -2.09. The number of hydrogen-bond acceptors (Lipinski definition) is 4. The molecule has 8 heteroatoms. The fourth-order valence-corrected chi connectivity index (χ4v) is 1.06. The monoisotopic (exact) mass is 248 g/mol. The molecule has 1 rings (SSSR count). The van der Waals surface area contributed by atoms with Crippen molar-refractivity contribution in [2.75, 3.05) is 0 Å². The van der Waals surface area contributed by atoms with Crippen LogP contribution < -0.4 is 0 Å². The van der Waals surface area contributed by atoms with Crippen molar-refractivity contribution in [3.05, 3.63) is 23.5 Å². The molecule has 0 saturated carbocycles. The van der Waals surface area contributed by atoms with Gasteiger partial charge in [0, 0.05) is 0 Å². The summed E-state index contributed by atoms with van der Waals surface area (Å²) < 4.78 is 37.3. The molecule has 1 aromatic heterocycles. The maximum atomic E-state index is 12.4. The number of aromatic carboxylic acids is 1. The molecule has 0 amide bonds. The Kier molecular flexibility index (Phi) is 3.36. The van der Waals surface area contributed by atoms with Gasteiger partial charge in [0.15, 0.2) is 5.69 Å². The highest BCUT2D eigenvalue weighted by atomic mass is 32.1. The molecule has 1 N–H and O–H groups in total. The fourth-order valence-electron chi connectivity index (χ4n) is 0.954. The molecule has 0 saturated heterocycles. The van der Waals surface area contributed by atoms with Crippen molar-refractivity contribution < 1.29 is 23.1 Å². The third-order valence-corrected chi connectivity index (χ3v) is 1.65. The second kappa shape index (κ2) is 4.38. The fraction of sp³-hybridized carbons (Fsp3) is 0.125. The van der Waals surface area contributed by atoms with Crippen LogP contribution in [0.5, 0.6) is 0 Å². The van der Waals surface area contributed by atoms with Crippen LogP contribution in [0.2, 0.25) is 0 Å². The van der Waals surface area contributed by atoms with Crippen LogP contribution in [0.4, 0.5) is 18.9 Å². The molecular formula is C8H3F3N2O2S. The number of carboxylic acids is 1. The van der Waals surface area contributed by atoms with E-state index >= 15 is 0 Å². The van der Waals surface area contributed by atoms with Crippen molar-refractivity contribution in [3.63, 3.8) is 0 Å². The second-order valence-corrected chi connectivity index (χ2v) is 2.78. The summed E-state index contributed by atoms with van der Waals surface area (Å²) in [5.41, 5.74) is -2.64. The van der Waals surface area contributed by atoms with E-state index in [1.54, 1.807) is 0 Å². The summed E-state index contributed by atoms with van der Waals surface area (Å²) in [4.78, 5) is 17.0. The molecule has 0 bridgehead atoms. The van der Waals surface area contributed by atoms with Crippen LogP contribution in [0.25, 0.3) is 0 Å². The van der Waals surface area contributed by atoms with Gasteiger partial charge >= 0.3 is 12.1 Å². The number of carboxylic acid groups (broad SMARTS) is 1. The number of aliphatic imine (C=N–C) groups is 1. The van der Waals surface area contributed by atoms with Crippen LogP contribution in [-0.4, -0.2) is 21.2 Å². The highest BCUT2D eigenvalue weighted by molar-refractivity contribution is 7.78. The van der Waals surface area contributed by atoms with Gasteiger partial charge in [-0.1, -0.05) is 0 Å². The van der Waals surface area contributed by atoms with Gasteiger partial charge < -0.3 is 5.11 Å². The Morgan fingerprint density at radius 3 is 2.62 bits per heavy atom. The molecule has 84 valence electrons. The summed E-state index contributed by atoms with van der Waals surface area (Å²) >= 11 is 4.21.